The molecular weight excluding hydrogens is 255 g/mol. The van der Waals surface area contributed by atoms with E-state index in [2.05, 4.69) is 21.9 Å². The molecule has 0 saturated carbocycles. The molecule has 1 rings (SSSR count). The summed E-state index contributed by atoms with van der Waals surface area (Å²) < 4.78 is 39.9. The van der Waals surface area contributed by atoms with Gasteiger partial charge in [-0.3, -0.25) is 0 Å². The van der Waals surface area contributed by atoms with E-state index < -0.39 is 6.36 Å². The van der Waals surface area contributed by atoms with Gasteiger partial charge >= 0.3 is 6.36 Å². The van der Waals surface area contributed by atoms with Gasteiger partial charge in [0.25, 0.3) is 0 Å². The van der Waals surface area contributed by atoms with E-state index in [4.69, 9.17) is 0 Å². The molecule has 1 N–H and O–H groups in total. The first-order valence-electron chi connectivity index (χ1n) is 5.89. The lowest BCUT2D eigenvalue weighted by Crippen LogP contribution is -2.18. The van der Waals surface area contributed by atoms with E-state index in [0.717, 1.165) is 18.4 Å². The third-order valence-electron chi connectivity index (χ3n) is 2.60. The van der Waals surface area contributed by atoms with Gasteiger partial charge in [-0.25, -0.2) is 0 Å². The Hall–Kier alpha value is -1.67. The number of hydrogen-bond donors (Lipinski definition) is 1. The number of ether oxygens (including phenoxy) is 1. The van der Waals surface area contributed by atoms with Gasteiger partial charge in [-0.05, 0) is 38.1 Å². The second-order valence-corrected chi connectivity index (χ2v) is 3.92. The zero-order valence-corrected chi connectivity index (χ0v) is 10.8. The lowest BCUT2D eigenvalue weighted by atomic mass is 10.0. The first-order chi connectivity index (χ1) is 8.96. The maximum Gasteiger partial charge on any atom is 0.573 e. The third-order valence-corrected chi connectivity index (χ3v) is 2.60. The fraction of sp³-hybridized carbons (Fsp3) is 0.429. The Balaban J connectivity index is 2.69. The van der Waals surface area contributed by atoms with Crippen molar-refractivity contribution in [2.75, 3.05) is 7.05 Å². The molecular formula is C14H16F3NO. The Morgan fingerprint density at radius 1 is 1.26 bits per heavy atom. The SMILES string of the molecule is CC#CCCC(NC)c1ccc(OC(F)(F)F)cc1. The molecule has 0 aliphatic carbocycles. The van der Waals surface area contributed by atoms with Crippen LogP contribution in [0.4, 0.5) is 13.2 Å². The molecule has 0 radical (unpaired) electrons. The van der Waals surface area contributed by atoms with E-state index in [1.165, 1.54) is 12.1 Å². The van der Waals surface area contributed by atoms with E-state index in [0.29, 0.717) is 0 Å². The van der Waals surface area contributed by atoms with Gasteiger partial charge in [0.15, 0.2) is 0 Å². The van der Waals surface area contributed by atoms with Crippen LogP contribution in [0.1, 0.15) is 31.4 Å². The fourth-order valence-corrected chi connectivity index (χ4v) is 1.72. The fourth-order valence-electron chi connectivity index (χ4n) is 1.72. The summed E-state index contributed by atoms with van der Waals surface area (Å²) in [5, 5.41) is 3.11. The van der Waals surface area contributed by atoms with Gasteiger partial charge in [-0.15, -0.1) is 25.0 Å². The van der Waals surface area contributed by atoms with Crippen LogP contribution in [-0.4, -0.2) is 13.4 Å². The number of rotatable bonds is 5. The van der Waals surface area contributed by atoms with Gasteiger partial charge in [0.05, 0.1) is 0 Å². The monoisotopic (exact) mass is 271 g/mol. The van der Waals surface area contributed by atoms with Crippen molar-refractivity contribution in [2.45, 2.75) is 32.2 Å². The Kier molecular flexibility index (Phi) is 5.71. The molecule has 1 unspecified atom stereocenters. The van der Waals surface area contributed by atoms with Crippen LogP contribution in [0.5, 0.6) is 5.75 Å². The molecule has 1 aromatic carbocycles. The predicted molar refractivity (Wildman–Crippen MR) is 67.6 cm³/mol. The molecule has 0 aliphatic rings. The lowest BCUT2D eigenvalue weighted by Gasteiger charge is -2.16. The van der Waals surface area contributed by atoms with Crippen LogP contribution in [0.2, 0.25) is 0 Å². The van der Waals surface area contributed by atoms with Crippen LogP contribution < -0.4 is 10.1 Å². The molecule has 1 aromatic rings. The second kappa shape index (κ2) is 7.05. The summed E-state index contributed by atoms with van der Waals surface area (Å²) in [5.41, 5.74) is 0.912. The average Bonchev–Trinajstić information content (AvgIpc) is 2.34. The summed E-state index contributed by atoms with van der Waals surface area (Å²) in [6.45, 7) is 1.78. The average molecular weight is 271 g/mol. The summed E-state index contributed by atoms with van der Waals surface area (Å²) in [6, 6.07) is 5.96. The quantitative estimate of drug-likeness (QED) is 0.825. The van der Waals surface area contributed by atoms with Crippen LogP contribution in [0, 0.1) is 11.8 Å². The minimum absolute atomic E-state index is 0.0702. The highest BCUT2D eigenvalue weighted by molar-refractivity contribution is 5.29. The molecule has 2 nitrogen and oxygen atoms in total. The molecule has 0 fully saturated rings. The first-order valence-corrected chi connectivity index (χ1v) is 5.89. The highest BCUT2D eigenvalue weighted by atomic mass is 19.4. The van der Waals surface area contributed by atoms with Crippen molar-refractivity contribution in [3.8, 4) is 17.6 Å². The van der Waals surface area contributed by atoms with Gasteiger partial charge in [-0.1, -0.05) is 12.1 Å². The standard InChI is InChI=1S/C14H16F3NO/c1-3-4-5-6-13(18-2)11-7-9-12(10-8-11)19-14(15,16)17/h7-10,13,18H,5-6H2,1-2H3. The van der Waals surface area contributed by atoms with E-state index in [9.17, 15) is 13.2 Å². The summed E-state index contributed by atoms with van der Waals surface area (Å²) in [4.78, 5) is 0. The molecule has 0 spiro atoms. The van der Waals surface area contributed by atoms with Crippen LogP contribution in [0.3, 0.4) is 0 Å². The Labute approximate surface area is 111 Å². The third kappa shape index (κ3) is 5.66. The predicted octanol–water partition coefficient (Wildman–Crippen LogP) is 3.65. The summed E-state index contributed by atoms with van der Waals surface area (Å²) in [7, 11) is 1.81. The smallest absolute Gasteiger partial charge is 0.406 e. The van der Waals surface area contributed by atoms with Crippen LogP contribution in [0.25, 0.3) is 0 Å². The molecule has 0 aliphatic heterocycles. The zero-order valence-electron chi connectivity index (χ0n) is 10.8. The van der Waals surface area contributed by atoms with Gasteiger partial charge in [0.1, 0.15) is 5.75 Å². The Bertz CT molecular complexity index is 442. The molecule has 5 heteroatoms. The van der Waals surface area contributed by atoms with E-state index in [-0.39, 0.29) is 11.8 Å². The van der Waals surface area contributed by atoms with Crippen LogP contribution in [-0.2, 0) is 0 Å². The minimum Gasteiger partial charge on any atom is -0.406 e. The first kappa shape index (κ1) is 15.4. The molecule has 0 heterocycles. The molecule has 0 saturated heterocycles. The summed E-state index contributed by atoms with van der Waals surface area (Å²) in [6.07, 6.45) is -3.11. The normalized spacial score (nSPS) is 12.5. The Morgan fingerprint density at radius 2 is 1.89 bits per heavy atom. The van der Waals surface area contributed by atoms with Crippen molar-refractivity contribution >= 4 is 0 Å². The topological polar surface area (TPSA) is 21.3 Å². The molecule has 104 valence electrons. The number of halogens is 3. The van der Waals surface area contributed by atoms with E-state index >= 15 is 0 Å². The van der Waals surface area contributed by atoms with Crippen molar-refractivity contribution in [2.24, 2.45) is 0 Å². The van der Waals surface area contributed by atoms with Gasteiger partial charge in [0.2, 0.25) is 0 Å². The minimum atomic E-state index is -4.65. The summed E-state index contributed by atoms with van der Waals surface area (Å²) >= 11 is 0. The molecule has 0 amide bonds. The van der Waals surface area contributed by atoms with Crippen LogP contribution in [0.15, 0.2) is 24.3 Å². The van der Waals surface area contributed by atoms with E-state index in [1.54, 1.807) is 19.1 Å². The van der Waals surface area contributed by atoms with Gasteiger partial charge in [0, 0.05) is 12.5 Å². The second-order valence-electron chi connectivity index (χ2n) is 3.92. The van der Waals surface area contributed by atoms with Crippen molar-refractivity contribution in [3.05, 3.63) is 29.8 Å². The molecule has 0 aromatic heterocycles. The van der Waals surface area contributed by atoms with Gasteiger partial charge in [-0.2, -0.15) is 0 Å². The number of alkyl halides is 3. The highest BCUT2D eigenvalue weighted by Gasteiger charge is 2.31. The lowest BCUT2D eigenvalue weighted by molar-refractivity contribution is -0.274. The van der Waals surface area contributed by atoms with Crippen molar-refractivity contribution < 1.29 is 17.9 Å². The largest absolute Gasteiger partial charge is 0.573 e. The Morgan fingerprint density at radius 3 is 2.37 bits per heavy atom. The highest BCUT2D eigenvalue weighted by Crippen LogP contribution is 2.25. The number of benzene rings is 1. The van der Waals surface area contributed by atoms with E-state index in [1.807, 2.05) is 7.05 Å². The number of nitrogens with one attached hydrogen (secondary N) is 1. The molecule has 1 atom stereocenters. The van der Waals surface area contributed by atoms with Crippen molar-refractivity contribution in [3.63, 3.8) is 0 Å². The summed E-state index contributed by atoms with van der Waals surface area (Å²) in [5.74, 6) is 5.56. The maximum atomic E-state index is 12.0. The van der Waals surface area contributed by atoms with Crippen molar-refractivity contribution in [1.82, 2.24) is 5.32 Å². The van der Waals surface area contributed by atoms with Crippen LogP contribution >= 0.6 is 0 Å². The van der Waals surface area contributed by atoms with Crippen molar-refractivity contribution in [1.29, 1.82) is 0 Å². The molecule has 19 heavy (non-hydrogen) atoms. The number of hydrogen-bond acceptors (Lipinski definition) is 2. The molecule has 0 bridgehead atoms. The van der Waals surface area contributed by atoms with Gasteiger partial charge < -0.3 is 10.1 Å². The maximum absolute atomic E-state index is 12.0. The zero-order chi connectivity index (χ0) is 14.3.